The molecule has 0 amide bonds. The molecule has 20 heavy (non-hydrogen) atoms. The average molecular weight is 299 g/mol. The number of aromatic nitrogens is 2. The van der Waals surface area contributed by atoms with E-state index in [0.29, 0.717) is 13.1 Å². The van der Waals surface area contributed by atoms with Gasteiger partial charge < -0.3 is 5.32 Å². The molecule has 0 aliphatic carbocycles. The molecule has 0 unspecified atom stereocenters. The molecule has 0 aromatic carbocycles. The third-order valence-electron chi connectivity index (χ3n) is 3.91. The van der Waals surface area contributed by atoms with Crippen molar-refractivity contribution in [2.24, 2.45) is 0 Å². The van der Waals surface area contributed by atoms with Crippen molar-refractivity contribution < 1.29 is 8.42 Å². The number of sulfonamides is 1. The lowest BCUT2D eigenvalue weighted by molar-refractivity contribution is 0.180. The molecule has 1 saturated heterocycles. The van der Waals surface area contributed by atoms with Gasteiger partial charge in [-0.25, -0.2) is 8.42 Å². The Hall–Kier alpha value is -0.960. The highest BCUT2D eigenvalue weighted by atomic mass is 32.2. The van der Waals surface area contributed by atoms with Crippen LogP contribution in [0.25, 0.3) is 0 Å². The maximum atomic E-state index is 11.5. The summed E-state index contributed by atoms with van der Waals surface area (Å²) in [4.78, 5) is 2.27. The minimum absolute atomic E-state index is 0.577. The fourth-order valence-electron chi connectivity index (χ4n) is 2.78. The van der Waals surface area contributed by atoms with Crippen LogP contribution in [0.3, 0.4) is 0 Å². The highest BCUT2D eigenvalue weighted by Gasteiger charge is 2.24. The van der Waals surface area contributed by atoms with Gasteiger partial charge in [0.05, 0.1) is 24.2 Å². The standard InChI is InChI=1S/C12H21N5O2S/c1-20(18,19)16-6-4-15(5-7-16)10-11-8-12-9-13-2-3-17(12)14-11/h8,13H,2-7,9-10H2,1H3. The van der Waals surface area contributed by atoms with Gasteiger partial charge >= 0.3 is 0 Å². The fourth-order valence-corrected chi connectivity index (χ4v) is 3.60. The molecule has 112 valence electrons. The van der Waals surface area contributed by atoms with E-state index in [9.17, 15) is 8.42 Å². The van der Waals surface area contributed by atoms with E-state index in [1.807, 2.05) is 0 Å². The molecule has 3 rings (SSSR count). The Labute approximate surface area is 119 Å². The molecule has 7 nitrogen and oxygen atoms in total. The van der Waals surface area contributed by atoms with E-state index in [1.165, 1.54) is 11.9 Å². The van der Waals surface area contributed by atoms with Crippen molar-refractivity contribution in [1.82, 2.24) is 24.3 Å². The van der Waals surface area contributed by atoms with Crippen LogP contribution in [0.1, 0.15) is 11.4 Å². The normalized spacial score (nSPS) is 21.9. The van der Waals surface area contributed by atoms with Gasteiger partial charge in [-0.1, -0.05) is 0 Å². The highest BCUT2D eigenvalue weighted by Crippen LogP contribution is 2.12. The van der Waals surface area contributed by atoms with E-state index in [1.54, 1.807) is 4.31 Å². The third-order valence-corrected chi connectivity index (χ3v) is 5.21. The quantitative estimate of drug-likeness (QED) is 0.780. The summed E-state index contributed by atoms with van der Waals surface area (Å²) in [5, 5.41) is 7.95. The Balaban J connectivity index is 1.58. The van der Waals surface area contributed by atoms with Gasteiger partial charge in [-0.15, -0.1) is 0 Å². The van der Waals surface area contributed by atoms with Crippen LogP contribution in [0.15, 0.2) is 6.07 Å². The van der Waals surface area contributed by atoms with Crippen molar-refractivity contribution in [1.29, 1.82) is 0 Å². The van der Waals surface area contributed by atoms with Crippen LogP contribution in [-0.2, 0) is 29.7 Å². The molecule has 1 aromatic rings. The molecule has 1 N–H and O–H groups in total. The summed E-state index contributed by atoms with van der Waals surface area (Å²) < 4.78 is 26.6. The average Bonchev–Trinajstić information content (AvgIpc) is 2.80. The second-order valence-electron chi connectivity index (χ2n) is 5.47. The number of fused-ring (bicyclic) bond motifs is 1. The van der Waals surface area contributed by atoms with Crippen molar-refractivity contribution in [2.45, 2.75) is 19.6 Å². The smallest absolute Gasteiger partial charge is 0.211 e. The first kappa shape index (κ1) is 14.0. The number of piperazine rings is 1. The summed E-state index contributed by atoms with van der Waals surface area (Å²) in [5.41, 5.74) is 2.32. The number of rotatable bonds is 3. The van der Waals surface area contributed by atoms with Crippen molar-refractivity contribution in [3.63, 3.8) is 0 Å². The van der Waals surface area contributed by atoms with Gasteiger partial charge in [-0.2, -0.15) is 9.40 Å². The summed E-state index contributed by atoms with van der Waals surface area (Å²) in [5.74, 6) is 0. The molecule has 1 aromatic heterocycles. The number of hydrogen-bond donors (Lipinski definition) is 1. The Kier molecular flexibility index (Phi) is 3.80. The molecule has 2 aliphatic rings. The van der Waals surface area contributed by atoms with Crippen LogP contribution >= 0.6 is 0 Å². The summed E-state index contributed by atoms with van der Waals surface area (Å²) in [6, 6.07) is 2.15. The predicted molar refractivity (Wildman–Crippen MR) is 75.6 cm³/mol. The Morgan fingerprint density at radius 3 is 2.65 bits per heavy atom. The molecule has 2 aliphatic heterocycles. The summed E-state index contributed by atoms with van der Waals surface area (Å²) in [7, 11) is -3.05. The van der Waals surface area contributed by atoms with Gasteiger partial charge in [-0.3, -0.25) is 9.58 Å². The third kappa shape index (κ3) is 3.03. The van der Waals surface area contributed by atoms with E-state index in [4.69, 9.17) is 0 Å². The van der Waals surface area contributed by atoms with Crippen LogP contribution in [0.5, 0.6) is 0 Å². The van der Waals surface area contributed by atoms with E-state index in [-0.39, 0.29) is 0 Å². The number of nitrogens with one attached hydrogen (secondary N) is 1. The van der Waals surface area contributed by atoms with E-state index < -0.39 is 10.0 Å². The SMILES string of the molecule is CS(=O)(=O)N1CCN(Cc2cc3n(n2)CCNC3)CC1. The Bertz CT molecular complexity index is 551. The number of nitrogens with zero attached hydrogens (tertiary/aromatic N) is 4. The molecule has 0 radical (unpaired) electrons. The molecule has 8 heteroatoms. The Morgan fingerprint density at radius 1 is 1.25 bits per heavy atom. The molecule has 1 fully saturated rings. The van der Waals surface area contributed by atoms with Crippen LogP contribution in [-0.4, -0.2) is 66.4 Å². The zero-order valence-electron chi connectivity index (χ0n) is 11.7. The summed E-state index contributed by atoms with van der Waals surface area (Å²) in [6.07, 6.45) is 1.28. The maximum absolute atomic E-state index is 11.5. The first-order chi connectivity index (χ1) is 9.52. The van der Waals surface area contributed by atoms with Gasteiger partial charge in [0.25, 0.3) is 0 Å². The van der Waals surface area contributed by atoms with Crippen molar-refractivity contribution in [2.75, 3.05) is 39.0 Å². The van der Waals surface area contributed by atoms with E-state index in [2.05, 4.69) is 26.1 Å². The zero-order chi connectivity index (χ0) is 14.2. The van der Waals surface area contributed by atoms with Crippen LogP contribution in [0, 0.1) is 0 Å². The zero-order valence-corrected chi connectivity index (χ0v) is 12.6. The van der Waals surface area contributed by atoms with Crippen LogP contribution in [0.2, 0.25) is 0 Å². The predicted octanol–water partition coefficient (Wildman–Crippen LogP) is -0.936. The van der Waals surface area contributed by atoms with E-state index >= 15 is 0 Å². The Morgan fingerprint density at radius 2 is 2.00 bits per heavy atom. The topological polar surface area (TPSA) is 70.5 Å². The molecule has 0 bridgehead atoms. The van der Waals surface area contributed by atoms with Gasteiger partial charge in [0.2, 0.25) is 10.0 Å². The van der Waals surface area contributed by atoms with Crippen LogP contribution in [0.4, 0.5) is 0 Å². The monoisotopic (exact) mass is 299 g/mol. The molecular formula is C12H21N5O2S. The first-order valence-electron chi connectivity index (χ1n) is 6.96. The molecule has 3 heterocycles. The molecule has 0 saturated carbocycles. The van der Waals surface area contributed by atoms with Gasteiger partial charge in [-0.05, 0) is 6.07 Å². The van der Waals surface area contributed by atoms with Gasteiger partial charge in [0.15, 0.2) is 0 Å². The lowest BCUT2D eigenvalue weighted by Gasteiger charge is -2.32. The molecule has 0 atom stereocenters. The second kappa shape index (κ2) is 5.44. The van der Waals surface area contributed by atoms with Gasteiger partial charge in [0.1, 0.15) is 0 Å². The molecular weight excluding hydrogens is 278 g/mol. The van der Waals surface area contributed by atoms with Gasteiger partial charge in [0, 0.05) is 45.8 Å². The van der Waals surface area contributed by atoms with E-state index in [0.717, 1.165) is 45.0 Å². The minimum Gasteiger partial charge on any atom is -0.309 e. The van der Waals surface area contributed by atoms with Crippen molar-refractivity contribution in [3.05, 3.63) is 17.5 Å². The summed E-state index contributed by atoms with van der Waals surface area (Å²) >= 11 is 0. The first-order valence-corrected chi connectivity index (χ1v) is 8.81. The lowest BCUT2D eigenvalue weighted by Crippen LogP contribution is -2.47. The largest absolute Gasteiger partial charge is 0.309 e. The maximum Gasteiger partial charge on any atom is 0.211 e. The fraction of sp³-hybridized carbons (Fsp3) is 0.750. The van der Waals surface area contributed by atoms with Crippen LogP contribution < -0.4 is 5.32 Å². The summed E-state index contributed by atoms with van der Waals surface area (Å²) in [6.45, 7) is 6.29. The van der Waals surface area contributed by atoms with Crippen molar-refractivity contribution >= 4 is 10.0 Å². The minimum atomic E-state index is -3.05. The van der Waals surface area contributed by atoms with Crippen molar-refractivity contribution in [3.8, 4) is 0 Å². The molecule has 0 spiro atoms. The lowest BCUT2D eigenvalue weighted by atomic mass is 10.3. The highest BCUT2D eigenvalue weighted by molar-refractivity contribution is 7.88. The number of hydrogen-bond acceptors (Lipinski definition) is 5. The second-order valence-corrected chi connectivity index (χ2v) is 7.45.